The Hall–Kier alpha value is -2.38. The van der Waals surface area contributed by atoms with Crippen molar-refractivity contribution in [2.45, 2.75) is 19.5 Å². The van der Waals surface area contributed by atoms with Crippen LogP contribution in [0.5, 0.6) is 5.75 Å². The van der Waals surface area contributed by atoms with Crippen molar-refractivity contribution in [3.05, 3.63) is 46.1 Å². The second-order valence-corrected chi connectivity index (χ2v) is 6.77. The number of halogens is 2. The van der Waals surface area contributed by atoms with Crippen LogP contribution >= 0.6 is 23.2 Å². The fraction of sp³-hybridized carbons (Fsp3) is 0.294. The Morgan fingerprint density at radius 2 is 1.96 bits per heavy atom. The van der Waals surface area contributed by atoms with Gasteiger partial charge < -0.3 is 9.64 Å². The zero-order valence-electron chi connectivity index (χ0n) is 14.1. The Labute approximate surface area is 159 Å². The molecule has 1 amide bonds. The summed E-state index contributed by atoms with van der Waals surface area (Å²) < 4.78 is 6.92. The summed E-state index contributed by atoms with van der Waals surface area (Å²) in [6, 6.07) is 3.43. The lowest BCUT2D eigenvalue weighted by atomic mass is 10.1. The van der Waals surface area contributed by atoms with Crippen LogP contribution < -0.4 is 4.74 Å². The van der Waals surface area contributed by atoms with Gasteiger partial charge in [-0.1, -0.05) is 23.2 Å². The minimum atomic E-state index is -0.235. The number of aromatic nitrogens is 4. The summed E-state index contributed by atoms with van der Waals surface area (Å²) in [5.74, 6) is 0.403. The van der Waals surface area contributed by atoms with Crippen molar-refractivity contribution >= 4 is 40.0 Å². The number of ether oxygens (including phenoxy) is 1. The first-order valence-corrected chi connectivity index (χ1v) is 8.78. The van der Waals surface area contributed by atoms with Gasteiger partial charge in [-0.2, -0.15) is 5.10 Å². The largest absolute Gasteiger partial charge is 0.494 e. The molecule has 0 saturated carbocycles. The molecule has 1 unspecified atom stereocenters. The Morgan fingerprint density at radius 3 is 2.65 bits per heavy atom. The highest BCUT2D eigenvalue weighted by Crippen LogP contribution is 2.37. The van der Waals surface area contributed by atoms with E-state index in [1.165, 1.54) is 19.5 Å². The van der Waals surface area contributed by atoms with Gasteiger partial charge in [0.05, 0.1) is 47.8 Å². The van der Waals surface area contributed by atoms with Gasteiger partial charge in [0, 0.05) is 11.9 Å². The monoisotopic (exact) mass is 391 g/mol. The molecule has 0 fully saturated rings. The van der Waals surface area contributed by atoms with Crippen LogP contribution in [0.15, 0.2) is 24.5 Å². The van der Waals surface area contributed by atoms with Crippen LogP contribution in [0.4, 0.5) is 0 Å². The predicted octanol–water partition coefficient (Wildman–Crippen LogP) is 3.36. The Balaban J connectivity index is 1.72. The third-order valence-electron chi connectivity index (χ3n) is 4.58. The van der Waals surface area contributed by atoms with E-state index < -0.39 is 0 Å². The number of rotatable bonds is 2. The summed E-state index contributed by atoms with van der Waals surface area (Å²) in [4.78, 5) is 22.8. The van der Waals surface area contributed by atoms with Crippen LogP contribution in [0.25, 0.3) is 10.9 Å². The highest BCUT2D eigenvalue weighted by molar-refractivity contribution is 6.45. The van der Waals surface area contributed by atoms with Gasteiger partial charge in [-0.25, -0.2) is 9.97 Å². The van der Waals surface area contributed by atoms with E-state index in [4.69, 9.17) is 27.9 Å². The third-order valence-corrected chi connectivity index (χ3v) is 5.37. The molecule has 0 bridgehead atoms. The molecular weight excluding hydrogens is 377 g/mol. The fourth-order valence-electron chi connectivity index (χ4n) is 3.25. The number of carbonyl (C=O) groups excluding carboxylic acids is 1. The number of amides is 1. The summed E-state index contributed by atoms with van der Waals surface area (Å²) in [5, 5.41) is 6.34. The molecule has 4 rings (SSSR count). The molecule has 9 heteroatoms. The van der Waals surface area contributed by atoms with Gasteiger partial charge in [-0.15, -0.1) is 0 Å². The lowest BCUT2D eigenvalue weighted by molar-refractivity contribution is 0.0626. The number of methoxy groups -OCH3 is 1. The molecule has 0 N–H and O–H groups in total. The number of benzene rings is 1. The van der Waals surface area contributed by atoms with Crippen molar-refractivity contribution in [1.82, 2.24) is 24.6 Å². The average Bonchev–Trinajstić information content (AvgIpc) is 3.05. The second kappa shape index (κ2) is 6.41. The van der Waals surface area contributed by atoms with Crippen LogP contribution in [0, 0.1) is 0 Å². The smallest absolute Gasteiger partial charge is 0.292 e. The maximum absolute atomic E-state index is 12.9. The number of nitrogens with zero attached hydrogens (tertiary/aromatic N) is 5. The van der Waals surface area contributed by atoms with Crippen LogP contribution in [0.3, 0.4) is 0 Å². The predicted molar refractivity (Wildman–Crippen MR) is 97.8 cm³/mol. The number of hydrogen-bond acceptors (Lipinski definition) is 5. The molecule has 0 saturated heterocycles. The summed E-state index contributed by atoms with van der Waals surface area (Å²) >= 11 is 12.4. The van der Waals surface area contributed by atoms with E-state index in [0.29, 0.717) is 34.4 Å². The van der Waals surface area contributed by atoms with Gasteiger partial charge in [0.2, 0.25) is 5.82 Å². The first-order chi connectivity index (χ1) is 12.5. The first-order valence-electron chi connectivity index (χ1n) is 8.02. The normalized spacial score (nSPS) is 16.6. The van der Waals surface area contributed by atoms with E-state index in [1.54, 1.807) is 11.0 Å². The lowest BCUT2D eigenvalue weighted by Gasteiger charge is -2.33. The van der Waals surface area contributed by atoms with Crippen LogP contribution in [0.2, 0.25) is 10.0 Å². The van der Waals surface area contributed by atoms with Gasteiger partial charge in [-0.05, 0) is 19.1 Å². The SMILES string of the molecule is COc1cnc(C(=O)N2CCn3nc4c(Cl)c(Cl)ccc4c3C2C)nc1. The van der Waals surface area contributed by atoms with Gasteiger partial charge in [0.25, 0.3) is 5.91 Å². The first kappa shape index (κ1) is 17.1. The van der Waals surface area contributed by atoms with Crippen molar-refractivity contribution in [2.24, 2.45) is 0 Å². The van der Waals surface area contributed by atoms with Gasteiger partial charge in [0.1, 0.15) is 5.52 Å². The highest BCUT2D eigenvalue weighted by atomic mass is 35.5. The van der Waals surface area contributed by atoms with E-state index in [2.05, 4.69) is 15.1 Å². The molecule has 7 nitrogen and oxygen atoms in total. The van der Waals surface area contributed by atoms with Gasteiger partial charge in [0.15, 0.2) is 5.75 Å². The molecule has 2 aromatic heterocycles. The molecule has 1 aliphatic rings. The van der Waals surface area contributed by atoms with E-state index >= 15 is 0 Å². The number of hydrogen-bond donors (Lipinski definition) is 0. The molecule has 0 aliphatic carbocycles. The summed E-state index contributed by atoms with van der Waals surface area (Å²) in [7, 11) is 1.52. The Morgan fingerprint density at radius 1 is 1.23 bits per heavy atom. The maximum Gasteiger partial charge on any atom is 0.292 e. The van der Waals surface area contributed by atoms with E-state index in [1.807, 2.05) is 17.7 Å². The van der Waals surface area contributed by atoms with Crippen molar-refractivity contribution < 1.29 is 9.53 Å². The van der Waals surface area contributed by atoms with Crippen LogP contribution in [-0.4, -0.2) is 44.2 Å². The van der Waals surface area contributed by atoms with Crippen molar-refractivity contribution in [3.8, 4) is 5.75 Å². The minimum Gasteiger partial charge on any atom is -0.494 e. The second-order valence-electron chi connectivity index (χ2n) is 5.99. The zero-order valence-corrected chi connectivity index (χ0v) is 15.6. The standard InChI is InChI=1S/C17H15Cl2N5O2/c1-9-15-11-3-4-12(18)13(19)14(11)22-24(15)6-5-23(9)17(25)16-20-7-10(26-2)8-21-16/h3-4,7-9H,5-6H2,1-2H3. The fourth-order valence-corrected chi connectivity index (χ4v) is 3.61. The molecule has 0 spiro atoms. The summed E-state index contributed by atoms with van der Waals surface area (Å²) in [5.41, 5.74) is 1.57. The summed E-state index contributed by atoms with van der Waals surface area (Å²) in [6.07, 6.45) is 2.96. The quantitative estimate of drug-likeness (QED) is 0.669. The van der Waals surface area contributed by atoms with E-state index in [9.17, 15) is 4.79 Å². The summed E-state index contributed by atoms with van der Waals surface area (Å²) in [6.45, 7) is 3.02. The van der Waals surface area contributed by atoms with Crippen LogP contribution in [-0.2, 0) is 6.54 Å². The highest BCUT2D eigenvalue weighted by Gasteiger charge is 2.32. The lowest BCUT2D eigenvalue weighted by Crippen LogP contribution is -2.41. The van der Waals surface area contributed by atoms with E-state index in [0.717, 1.165) is 11.1 Å². The molecule has 0 radical (unpaired) electrons. The zero-order chi connectivity index (χ0) is 18.4. The Bertz CT molecular complexity index is 1000. The topological polar surface area (TPSA) is 73.1 Å². The molecule has 26 heavy (non-hydrogen) atoms. The van der Waals surface area contributed by atoms with Crippen molar-refractivity contribution in [2.75, 3.05) is 13.7 Å². The van der Waals surface area contributed by atoms with Crippen LogP contribution in [0.1, 0.15) is 29.3 Å². The number of fused-ring (bicyclic) bond motifs is 3. The molecule has 1 aromatic carbocycles. The van der Waals surface area contributed by atoms with E-state index in [-0.39, 0.29) is 17.8 Å². The minimum absolute atomic E-state index is 0.135. The molecule has 1 atom stereocenters. The molecule has 1 aliphatic heterocycles. The molecule has 3 heterocycles. The molecule has 3 aromatic rings. The van der Waals surface area contributed by atoms with Gasteiger partial charge >= 0.3 is 0 Å². The maximum atomic E-state index is 12.9. The Kier molecular flexibility index (Phi) is 4.20. The van der Waals surface area contributed by atoms with Gasteiger partial charge in [-0.3, -0.25) is 9.48 Å². The average molecular weight is 392 g/mol. The van der Waals surface area contributed by atoms with Crippen molar-refractivity contribution in [1.29, 1.82) is 0 Å². The third kappa shape index (κ3) is 2.59. The van der Waals surface area contributed by atoms with Crippen molar-refractivity contribution in [3.63, 3.8) is 0 Å². The number of carbonyl (C=O) groups is 1. The molecular formula is C17H15Cl2N5O2. The molecule has 134 valence electrons.